The van der Waals surface area contributed by atoms with E-state index in [9.17, 15) is 0 Å². The van der Waals surface area contributed by atoms with Gasteiger partial charge >= 0.3 is 0 Å². The van der Waals surface area contributed by atoms with E-state index < -0.39 is 0 Å². The van der Waals surface area contributed by atoms with Gasteiger partial charge in [-0.3, -0.25) is 0 Å². The Kier molecular flexibility index (Phi) is 4.77. The lowest BCUT2D eigenvalue weighted by Gasteiger charge is -2.17. The maximum Gasteiger partial charge on any atom is 0.113 e. The molecule has 0 bridgehead atoms. The molecule has 0 aliphatic carbocycles. The summed E-state index contributed by atoms with van der Waals surface area (Å²) in [5, 5.41) is 5.41. The van der Waals surface area contributed by atoms with Gasteiger partial charge in [0.1, 0.15) is 5.82 Å². The number of aryl methyl sites for hydroxylation is 2. The number of para-hydroxylation sites is 1. The van der Waals surface area contributed by atoms with E-state index in [0.29, 0.717) is 0 Å². The zero-order chi connectivity index (χ0) is 10.7. The molecule has 1 aromatic carbocycles. The quantitative estimate of drug-likeness (QED) is 0.787. The minimum atomic E-state index is 0. The van der Waals surface area contributed by atoms with Crippen molar-refractivity contribution in [2.75, 3.05) is 5.32 Å². The van der Waals surface area contributed by atoms with Crippen LogP contribution in [-0.4, -0.2) is 0 Å². The lowest BCUT2D eigenvalue weighted by atomic mass is 10.1. The highest BCUT2D eigenvalue weighted by Crippen LogP contribution is 2.22. The third-order valence-electron chi connectivity index (χ3n) is 2.32. The summed E-state index contributed by atoms with van der Waals surface area (Å²) in [5.41, 5.74) is 3.71. The Morgan fingerprint density at radius 2 is 1.88 bits per heavy atom. The van der Waals surface area contributed by atoms with Crippen LogP contribution in [0, 0.1) is 13.8 Å². The molecule has 1 aliphatic heterocycles. The summed E-state index contributed by atoms with van der Waals surface area (Å²) in [7, 11) is 0. The summed E-state index contributed by atoms with van der Waals surface area (Å²) < 4.78 is 3.20. The third-order valence-corrected chi connectivity index (χ3v) is 2.95. The number of hydrogen-bond acceptors (Lipinski definition) is 3. The number of hydrogen-bond donors (Lipinski definition) is 2. The van der Waals surface area contributed by atoms with Crippen LogP contribution in [0.3, 0.4) is 0 Å². The van der Waals surface area contributed by atoms with Gasteiger partial charge in [0.05, 0.1) is 0 Å². The highest BCUT2D eigenvalue weighted by Gasteiger charge is 2.04. The number of nitrogens with one attached hydrogen (secondary N) is 2. The van der Waals surface area contributed by atoms with Crippen molar-refractivity contribution in [3.63, 3.8) is 0 Å². The van der Waals surface area contributed by atoms with Crippen molar-refractivity contribution in [3.05, 3.63) is 52.7 Å². The second kappa shape index (κ2) is 5.87. The molecule has 0 saturated heterocycles. The minimum Gasteiger partial charge on any atom is -0.341 e. The number of halogens is 1. The van der Waals surface area contributed by atoms with Gasteiger partial charge in [0.2, 0.25) is 0 Å². The Labute approximate surface area is 107 Å². The van der Waals surface area contributed by atoms with E-state index in [-0.39, 0.29) is 12.4 Å². The molecule has 4 heteroatoms. The fraction of sp³-hybridized carbons (Fsp3) is 0.167. The van der Waals surface area contributed by atoms with Gasteiger partial charge in [0.25, 0.3) is 0 Å². The van der Waals surface area contributed by atoms with Gasteiger partial charge in [-0.2, -0.15) is 0 Å². The molecule has 1 heterocycles. The highest BCUT2D eigenvalue weighted by atomic mass is 35.5. The first-order chi connectivity index (χ1) is 7.27. The summed E-state index contributed by atoms with van der Waals surface area (Å²) in [5.74, 6) is 1.03. The van der Waals surface area contributed by atoms with E-state index in [2.05, 4.69) is 42.1 Å². The van der Waals surface area contributed by atoms with E-state index in [1.807, 2.05) is 17.6 Å². The van der Waals surface area contributed by atoms with Crippen molar-refractivity contribution in [1.82, 2.24) is 4.72 Å². The number of benzene rings is 1. The molecule has 0 radical (unpaired) electrons. The van der Waals surface area contributed by atoms with Crippen LogP contribution in [0.2, 0.25) is 0 Å². The van der Waals surface area contributed by atoms with Crippen LogP contribution in [0.15, 0.2) is 41.6 Å². The second-order valence-electron chi connectivity index (χ2n) is 3.52. The third kappa shape index (κ3) is 2.97. The van der Waals surface area contributed by atoms with Gasteiger partial charge in [-0.25, -0.2) is 0 Å². The molecular weight excluding hydrogens is 240 g/mol. The van der Waals surface area contributed by atoms with E-state index in [1.54, 1.807) is 11.9 Å². The van der Waals surface area contributed by atoms with Gasteiger partial charge < -0.3 is 10.0 Å². The average molecular weight is 255 g/mol. The zero-order valence-corrected chi connectivity index (χ0v) is 10.9. The molecular formula is C12H15ClN2S. The molecule has 0 amide bonds. The van der Waals surface area contributed by atoms with Crippen LogP contribution in [0.5, 0.6) is 0 Å². The van der Waals surface area contributed by atoms with Gasteiger partial charge in [-0.1, -0.05) is 24.3 Å². The molecule has 0 fully saturated rings. The van der Waals surface area contributed by atoms with Gasteiger partial charge in [-0.05, 0) is 48.4 Å². The van der Waals surface area contributed by atoms with E-state index >= 15 is 0 Å². The molecule has 0 saturated carbocycles. The van der Waals surface area contributed by atoms with Crippen molar-refractivity contribution in [3.8, 4) is 0 Å². The monoisotopic (exact) mass is 254 g/mol. The molecule has 1 aromatic rings. The first-order valence-corrected chi connectivity index (χ1v) is 5.77. The smallest absolute Gasteiger partial charge is 0.113 e. The minimum absolute atomic E-state index is 0. The summed E-state index contributed by atoms with van der Waals surface area (Å²) in [6, 6.07) is 6.30. The Bertz CT molecular complexity index is 407. The van der Waals surface area contributed by atoms with Crippen LogP contribution in [0.1, 0.15) is 11.1 Å². The molecule has 0 unspecified atom stereocenters. The van der Waals surface area contributed by atoms with Gasteiger partial charge in [0, 0.05) is 5.69 Å². The normalized spacial score (nSPS) is 13.5. The molecule has 1 aliphatic rings. The molecule has 0 spiro atoms. The zero-order valence-electron chi connectivity index (χ0n) is 9.28. The Morgan fingerprint density at radius 1 is 1.19 bits per heavy atom. The average Bonchev–Trinajstić information content (AvgIpc) is 2.25. The maximum atomic E-state index is 3.40. The predicted molar refractivity (Wildman–Crippen MR) is 74.7 cm³/mol. The summed E-state index contributed by atoms with van der Waals surface area (Å²) in [6.45, 7) is 4.23. The van der Waals surface area contributed by atoms with Crippen molar-refractivity contribution in [2.45, 2.75) is 13.8 Å². The fourth-order valence-electron chi connectivity index (χ4n) is 1.52. The van der Waals surface area contributed by atoms with Crippen LogP contribution >= 0.6 is 24.4 Å². The lowest BCUT2D eigenvalue weighted by Crippen LogP contribution is -2.14. The number of rotatable bonds is 2. The largest absolute Gasteiger partial charge is 0.341 e. The highest BCUT2D eigenvalue weighted by molar-refractivity contribution is 8.00. The SMILES string of the molecule is Cc1cccc(C)c1NC1=CC=CSN1.Cl. The number of allylic oxidation sites excluding steroid dienone is 2. The maximum absolute atomic E-state index is 3.40. The standard InChI is InChI=1S/C12H14N2S.ClH/c1-9-5-3-6-10(2)12(9)13-11-7-4-8-15-14-11;/h3-8,13-14H,1-2H3;1H. The van der Waals surface area contributed by atoms with Crippen LogP contribution in [0.25, 0.3) is 0 Å². The number of anilines is 1. The summed E-state index contributed by atoms with van der Waals surface area (Å²) >= 11 is 1.57. The van der Waals surface area contributed by atoms with Crippen molar-refractivity contribution in [1.29, 1.82) is 0 Å². The molecule has 2 rings (SSSR count). The molecule has 86 valence electrons. The van der Waals surface area contributed by atoms with E-state index in [1.165, 1.54) is 16.8 Å². The first-order valence-electron chi connectivity index (χ1n) is 4.89. The van der Waals surface area contributed by atoms with Gasteiger partial charge in [0.15, 0.2) is 0 Å². The molecule has 16 heavy (non-hydrogen) atoms. The van der Waals surface area contributed by atoms with E-state index in [4.69, 9.17) is 0 Å². The van der Waals surface area contributed by atoms with Crippen molar-refractivity contribution >= 4 is 30.0 Å². The van der Waals surface area contributed by atoms with Crippen molar-refractivity contribution in [2.24, 2.45) is 0 Å². The van der Waals surface area contributed by atoms with Gasteiger partial charge in [-0.15, -0.1) is 12.4 Å². The van der Waals surface area contributed by atoms with Crippen LogP contribution < -0.4 is 10.0 Å². The molecule has 0 atom stereocenters. The summed E-state index contributed by atoms with van der Waals surface area (Å²) in [6.07, 6.45) is 4.06. The first kappa shape index (κ1) is 13.0. The lowest BCUT2D eigenvalue weighted by molar-refractivity contribution is 1.18. The molecule has 0 aromatic heterocycles. The van der Waals surface area contributed by atoms with E-state index in [0.717, 1.165) is 5.82 Å². The molecule has 2 N–H and O–H groups in total. The van der Waals surface area contributed by atoms with Crippen LogP contribution in [-0.2, 0) is 0 Å². The Morgan fingerprint density at radius 3 is 2.44 bits per heavy atom. The van der Waals surface area contributed by atoms with Crippen molar-refractivity contribution < 1.29 is 0 Å². The second-order valence-corrected chi connectivity index (χ2v) is 4.23. The topological polar surface area (TPSA) is 24.1 Å². The Balaban J connectivity index is 0.00000128. The predicted octanol–water partition coefficient (Wildman–Crippen LogP) is 3.74. The summed E-state index contributed by atoms with van der Waals surface area (Å²) in [4.78, 5) is 0. The molecule has 2 nitrogen and oxygen atoms in total. The van der Waals surface area contributed by atoms with Crippen LogP contribution in [0.4, 0.5) is 5.69 Å². The Hall–Kier alpha value is -1.06. The fourth-order valence-corrected chi connectivity index (χ4v) is 1.99.